The van der Waals surface area contributed by atoms with Crippen LogP contribution in [0.4, 0.5) is 27.6 Å². The highest BCUT2D eigenvalue weighted by Crippen LogP contribution is 2.48. The van der Waals surface area contributed by atoms with E-state index in [-0.39, 0.29) is 28.7 Å². The average molecular weight is 520 g/mol. The molecule has 0 bridgehead atoms. The Bertz CT molecular complexity index is 1380. The number of nitrogens with one attached hydrogen (secondary N) is 1. The van der Waals surface area contributed by atoms with Gasteiger partial charge in [-0.05, 0) is 85.3 Å². The Morgan fingerprint density at radius 1 is 1.03 bits per heavy atom. The number of hydrogen-bond donors (Lipinski definition) is 3. The number of amides is 1. The second kappa shape index (κ2) is 9.91. The number of alkyl halides is 3. The number of nitrogens with two attached hydrogens (primary N) is 1. The normalized spacial score (nSPS) is 14.3. The highest BCUT2D eigenvalue weighted by molar-refractivity contribution is 6.07. The van der Waals surface area contributed by atoms with Gasteiger partial charge in [0, 0.05) is 5.69 Å². The van der Waals surface area contributed by atoms with E-state index >= 15 is 0 Å². The summed E-state index contributed by atoms with van der Waals surface area (Å²) in [5.74, 6) is -4.17. The van der Waals surface area contributed by atoms with E-state index in [4.69, 9.17) is 10.5 Å². The topological polar surface area (TPSA) is 102 Å². The maximum absolute atomic E-state index is 14.1. The molecule has 1 fully saturated rings. The van der Waals surface area contributed by atoms with Crippen LogP contribution in [0, 0.1) is 18.6 Å². The predicted octanol–water partition coefficient (Wildman–Crippen LogP) is 5.67. The van der Waals surface area contributed by atoms with Gasteiger partial charge in [-0.3, -0.25) is 15.3 Å². The fraction of sp³-hybridized carbons (Fsp3) is 0.231. The van der Waals surface area contributed by atoms with Crippen molar-refractivity contribution in [2.75, 3.05) is 5.32 Å². The van der Waals surface area contributed by atoms with Gasteiger partial charge in [0.1, 0.15) is 23.1 Å². The lowest BCUT2D eigenvalue weighted by molar-refractivity contribution is -0.138. The first-order valence-electron chi connectivity index (χ1n) is 11.1. The molecule has 3 aromatic rings. The Kier molecular flexibility index (Phi) is 7.03. The number of halogens is 5. The van der Waals surface area contributed by atoms with Gasteiger partial charge in [-0.1, -0.05) is 0 Å². The number of aliphatic hydroxyl groups excluding tert-OH is 1. The van der Waals surface area contributed by atoms with Crippen LogP contribution < -0.4 is 15.8 Å². The molecule has 37 heavy (non-hydrogen) atoms. The van der Waals surface area contributed by atoms with Crippen molar-refractivity contribution in [1.29, 1.82) is 0 Å². The summed E-state index contributed by atoms with van der Waals surface area (Å²) in [5, 5.41) is 11.6. The fourth-order valence-electron chi connectivity index (χ4n) is 3.83. The van der Waals surface area contributed by atoms with E-state index < -0.39 is 52.4 Å². The standard InChI is InChI=1S/C26H21F5N2O4/c1-12-8-14(27)4-7-21(12)37-22-11-16(13-2-3-13)19(26(29,30)31)10-18(22)25(36)33-15-5-6-20(28)17(9-15)23(34)24(32)35/h4-11,13,24,35H,2-3,32H2,1H3,(H,33,36). The molecule has 6 nitrogen and oxygen atoms in total. The van der Waals surface area contributed by atoms with E-state index in [1.54, 1.807) is 0 Å². The molecule has 1 unspecified atom stereocenters. The van der Waals surface area contributed by atoms with Crippen LogP contribution in [-0.4, -0.2) is 23.0 Å². The van der Waals surface area contributed by atoms with Gasteiger partial charge < -0.3 is 15.2 Å². The number of ether oxygens (including phenoxy) is 1. The van der Waals surface area contributed by atoms with E-state index in [0.717, 1.165) is 30.3 Å². The summed E-state index contributed by atoms with van der Waals surface area (Å²) in [6.07, 6.45) is -5.68. The summed E-state index contributed by atoms with van der Waals surface area (Å²) in [6, 6.07) is 8.22. The molecular formula is C26H21F5N2O4. The molecule has 0 spiro atoms. The predicted molar refractivity (Wildman–Crippen MR) is 124 cm³/mol. The highest BCUT2D eigenvalue weighted by atomic mass is 19.4. The minimum absolute atomic E-state index is 0.0228. The van der Waals surface area contributed by atoms with Gasteiger partial charge in [-0.15, -0.1) is 0 Å². The SMILES string of the molecule is Cc1cc(F)ccc1Oc1cc(C2CC2)c(C(F)(F)F)cc1C(=O)Nc1ccc(F)c(C(=O)C(N)O)c1. The third-order valence-corrected chi connectivity index (χ3v) is 5.83. The van der Waals surface area contributed by atoms with Crippen LogP contribution in [0.25, 0.3) is 0 Å². The summed E-state index contributed by atoms with van der Waals surface area (Å²) in [4.78, 5) is 25.1. The smallest absolute Gasteiger partial charge is 0.416 e. The second-order valence-electron chi connectivity index (χ2n) is 8.68. The number of hydrogen-bond acceptors (Lipinski definition) is 5. The molecule has 1 atom stereocenters. The summed E-state index contributed by atoms with van der Waals surface area (Å²) in [7, 11) is 0. The summed E-state index contributed by atoms with van der Waals surface area (Å²) in [5.41, 5.74) is 3.18. The monoisotopic (exact) mass is 520 g/mol. The quantitative estimate of drug-likeness (QED) is 0.212. The molecule has 1 aliphatic carbocycles. The van der Waals surface area contributed by atoms with E-state index in [1.807, 2.05) is 0 Å². The van der Waals surface area contributed by atoms with Gasteiger partial charge in [0.2, 0.25) is 5.78 Å². The summed E-state index contributed by atoms with van der Waals surface area (Å²) in [6.45, 7) is 1.53. The van der Waals surface area contributed by atoms with Crippen molar-refractivity contribution in [2.24, 2.45) is 5.73 Å². The first-order chi connectivity index (χ1) is 17.3. The molecule has 0 aliphatic heterocycles. The van der Waals surface area contributed by atoms with Crippen LogP contribution in [0.2, 0.25) is 0 Å². The lowest BCUT2D eigenvalue weighted by Crippen LogP contribution is -2.30. The number of carbonyl (C=O) groups excluding carboxylic acids is 2. The minimum atomic E-state index is -4.76. The number of aryl methyl sites for hydroxylation is 1. The summed E-state index contributed by atoms with van der Waals surface area (Å²) < 4.78 is 75.1. The Balaban J connectivity index is 1.78. The van der Waals surface area contributed by atoms with Crippen molar-refractivity contribution >= 4 is 17.4 Å². The molecule has 0 radical (unpaired) electrons. The number of ketones is 1. The lowest BCUT2D eigenvalue weighted by Gasteiger charge is -2.19. The number of anilines is 1. The van der Waals surface area contributed by atoms with Gasteiger partial charge in [-0.2, -0.15) is 13.2 Å². The first kappa shape index (κ1) is 26.2. The van der Waals surface area contributed by atoms with Gasteiger partial charge in [0.15, 0.2) is 6.23 Å². The van der Waals surface area contributed by atoms with E-state index in [0.29, 0.717) is 24.5 Å². The number of rotatable bonds is 7. The molecule has 1 aliphatic rings. The zero-order valence-electron chi connectivity index (χ0n) is 19.3. The zero-order chi connectivity index (χ0) is 27.1. The highest BCUT2D eigenvalue weighted by Gasteiger charge is 2.40. The summed E-state index contributed by atoms with van der Waals surface area (Å²) >= 11 is 0. The first-order valence-corrected chi connectivity index (χ1v) is 11.1. The molecule has 11 heteroatoms. The Hall–Kier alpha value is -3.83. The molecule has 3 aromatic carbocycles. The minimum Gasteiger partial charge on any atom is -0.456 e. The number of Topliss-reactive ketones (excluding diaryl/α,β-unsaturated/α-hetero) is 1. The van der Waals surface area contributed by atoms with Crippen LogP contribution in [-0.2, 0) is 6.18 Å². The maximum atomic E-state index is 14.1. The van der Waals surface area contributed by atoms with Crippen molar-refractivity contribution in [2.45, 2.75) is 38.1 Å². The largest absolute Gasteiger partial charge is 0.456 e. The molecule has 1 amide bonds. The van der Waals surface area contributed by atoms with Crippen LogP contribution >= 0.6 is 0 Å². The fourth-order valence-corrected chi connectivity index (χ4v) is 3.83. The van der Waals surface area contributed by atoms with Crippen molar-refractivity contribution in [1.82, 2.24) is 0 Å². The Morgan fingerprint density at radius 2 is 1.73 bits per heavy atom. The number of carbonyl (C=O) groups is 2. The van der Waals surface area contributed by atoms with Gasteiger partial charge in [0.05, 0.1) is 16.7 Å². The van der Waals surface area contributed by atoms with Crippen LogP contribution in [0.3, 0.4) is 0 Å². The molecule has 4 rings (SSSR count). The number of aliphatic hydroxyl groups is 1. The van der Waals surface area contributed by atoms with Crippen LogP contribution in [0.1, 0.15) is 56.2 Å². The third-order valence-electron chi connectivity index (χ3n) is 5.83. The average Bonchev–Trinajstić information content (AvgIpc) is 3.66. The molecule has 194 valence electrons. The maximum Gasteiger partial charge on any atom is 0.416 e. The van der Waals surface area contributed by atoms with E-state index in [1.165, 1.54) is 19.1 Å². The lowest BCUT2D eigenvalue weighted by atomic mass is 9.98. The van der Waals surface area contributed by atoms with Gasteiger partial charge >= 0.3 is 6.18 Å². The van der Waals surface area contributed by atoms with E-state index in [2.05, 4.69) is 5.32 Å². The Morgan fingerprint density at radius 3 is 2.32 bits per heavy atom. The molecule has 4 N–H and O–H groups in total. The van der Waals surface area contributed by atoms with Crippen molar-refractivity contribution in [3.8, 4) is 11.5 Å². The van der Waals surface area contributed by atoms with Crippen molar-refractivity contribution < 1.29 is 41.4 Å². The van der Waals surface area contributed by atoms with Crippen LogP contribution in [0.15, 0.2) is 48.5 Å². The zero-order valence-corrected chi connectivity index (χ0v) is 19.3. The molecular weight excluding hydrogens is 499 g/mol. The molecule has 0 aromatic heterocycles. The Labute approximate surface area is 207 Å². The number of benzene rings is 3. The molecule has 0 saturated heterocycles. The van der Waals surface area contributed by atoms with Gasteiger partial charge in [-0.25, -0.2) is 8.78 Å². The van der Waals surface area contributed by atoms with Gasteiger partial charge in [0.25, 0.3) is 5.91 Å². The third kappa shape index (κ3) is 5.78. The molecule has 0 heterocycles. The molecule has 1 saturated carbocycles. The second-order valence-corrected chi connectivity index (χ2v) is 8.68. The van der Waals surface area contributed by atoms with Crippen LogP contribution in [0.5, 0.6) is 11.5 Å². The van der Waals surface area contributed by atoms with E-state index in [9.17, 15) is 36.6 Å². The van der Waals surface area contributed by atoms with Crippen molar-refractivity contribution in [3.63, 3.8) is 0 Å². The van der Waals surface area contributed by atoms with Crippen molar-refractivity contribution in [3.05, 3.63) is 88.0 Å².